The average Bonchev–Trinajstić information content (AvgIpc) is 3.03. The molecule has 1 aliphatic rings. The molecule has 5 nitrogen and oxygen atoms in total. The SMILES string of the molecule is CC(C)C(NS(=O)(=O)c1ccccc1F)C(=O)N1CCc2ccccc21. The van der Waals surface area contributed by atoms with E-state index in [1.807, 2.05) is 24.3 Å². The van der Waals surface area contributed by atoms with Crippen molar-refractivity contribution in [2.75, 3.05) is 11.4 Å². The molecule has 0 bridgehead atoms. The van der Waals surface area contributed by atoms with Gasteiger partial charge in [-0.2, -0.15) is 4.72 Å². The van der Waals surface area contributed by atoms with Crippen LogP contribution in [0.25, 0.3) is 0 Å². The molecule has 0 aliphatic carbocycles. The number of nitrogens with one attached hydrogen (secondary N) is 1. The predicted octanol–water partition coefficient (Wildman–Crippen LogP) is 2.72. The summed E-state index contributed by atoms with van der Waals surface area (Å²) >= 11 is 0. The second-order valence-corrected chi connectivity index (χ2v) is 8.32. The van der Waals surface area contributed by atoms with Crippen molar-refractivity contribution in [3.8, 4) is 0 Å². The minimum atomic E-state index is -4.16. The smallest absolute Gasteiger partial charge is 0.245 e. The monoisotopic (exact) mass is 376 g/mol. The summed E-state index contributed by atoms with van der Waals surface area (Å²) < 4.78 is 41.5. The van der Waals surface area contributed by atoms with Crippen LogP contribution in [0.4, 0.5) is 10.1 Å². The Balaban J connectivity index is 1.89. The molecule has 1 unspecified atom stereocenters. The normalized spacial score (nSPS) is 15.2. The van der Waals surface area contributed by atoms with Gasteiger partial charge in [0.25, 0.3) is 0 Å². The number of hydrogen-bond acceptors (Lipinski definition) is 3. The highest BCUT2D eigenvalue weighted by molar-refractivity contribution is 7.89. The van der Waals surface area contributed by atoms with E-state index in [0.717, 1.165) is 23.7 Å². The lowest BCUT2D eigenvalue weighted by Gasteiger charge is -2.27. The van der Waals surface area contributed by atoms with Gasteiger partial charge in [0.15, 0.2) is 0 Å². The van der Waals surface area contributed by atoms with Gasteiger partial charge in [-0.1, -0.05) is 44.2 Å². The molecular weight excluding hydrogens is 355 g/mol. The summed E-state index contributed by atoms with van der Waals surface area (Å²) in [5, 5.41) is 0. The highest BCUT2D eigenvalue weighted by Gasteiger charge is 2.35. The number of anilines is 1. The standard InChI is InChI=1S/C19H21FN2O3S/c1-13(2)18(21-26(24,25)17-10-6-4-8-15(17)20)19(23)22-12-11-14-7-3-5-9-16(14)22/h3-10,13,18,21H,11-12H2,1-2H3. The number of hydrogen-bond donors (Lipinski definition) is 1. The van der Waals surface area contributed by atoms with Crippen molar-refractivity contribution in [2.45, 2.75) is 31.2 Å². The first-order valence-electron chi connectivity index (χ1n) is 8.47. The first kappa shape index (κ1) is 18.5. The Morgan fingerprint density at radius 3 is 2.46 bits per heavy atom. The summed E-state index contributed by atoms with van der Waals surface area (Å²) in [6.07, 6.45) is 0.729. The Hall–Kier alpha value is -2.25. The van der Waals surface area contributed by atoms with E-state index in [-0.39, 0.29) is 11.8 Å². The Bertz CT molecular complexity index is 928. The quantitative estimate of drug-likeness (QED) is 0.873. The van der Waals surface area contributed by atoms with Crippen LogP contribution in [0.2, 0.25) is 0 Å². The van der Waals surface area contributed by atoms with Gasteiger partial charge in [0, 0.05) is 12.2 Å². The van der Waals surface area contributed by atoms with Gasteiger partial charge in [0.1, 0.15) is 16.8 Å². The molecular formula is C19H21FN2O3S. The lowest BCUT2D eigenvalue weighted by atomic mass is 10.0. The van der Waals surface area contributed by atoms with Crippen LogP contribution in [0.3, 0.4) is 0 Å². The van der Waals surface area contributed by atoms with Gasteiger partial charge in [-0.25, -0.2) is 12.8 Å². The maximum Gasteiger partial charge on any atom is 0.245 e. The van der Waals surface area contributed by atoms with E-state index in [0.29, 0.717) is 6.54 Å². The van der Waals surface area contributed by atoms with Crippen molar-refractivity contribution < 1.29 is 17.6 Å². The van der Waals surface area contributed by atoms with E-state index >= 15 is 0 Å². The highest BCUT2D eigenvalue weighted by Crippen LogP contribution is 2.29. The second-order valence-electron chi connectivity index (χ2n) is 6.64. The molecule has 0 fully saturated rings. The van der Waals surface area contributed by atoms with Gasteiger partial charge in [0.2, 0.25) is 15.9 Å². The number of carbonyl (C=O) groups is 1. The van der Waals surface area contributed by atoms with Gasteiger partial charge >= 0.3 is 0 Å². The fraction of sp³-hybridized carbons (Fsp3) is 0.316. The van der Waals surface area contributed by atoms with Gasteiger partial charge < -0.3 is 4.90 Å². The summed E-state index contributed by atoms with van der Waals surface area (Å²) in [5.41, 5.74) is 1.86. The maximum atomic E-state index is 13.9. The van der Waals surface area contributed by atoms with Crippen LogP contribution in [0.1, 0.15) is 19.4 Å². The number of fused-ring (bicyclic) bond motifs is 1. The molecule has 138 valence electrons. The lowest BCUT2D eigenvalue weighted by Crippen LogP contribution is -2.51. The minimum absolute atomic E-state index is 0.295. The molecule has 26 heavy (non-hydrogen) atoms. The van der Waals surface area contributed by atoms with Crippen LogP contribution in [-0.2, 0) is 21.2 Å². The highest BCUT2D eigenvalue weighted by atomic mass is 32.2. The van der Waals surface area contributed by atoms with E-state index in [1.165, 1.54) is 18.2 Å². The number of rotatable bonds is 5. The summed E-state index contributed by atoms with van der Waals surface area (Å²) in [6.45, 7) is 4.02. The van der Waals surface area contributed by atoms with Crippen LogP contribution in [0, 0.1) is 11.7 Å². The number of sulfonamides is 1. The van der Waals surface area contributed by atoms with Crippen molar-refractivity contribution in [2.24, 2.45) is 5.92 Å². The number of halogens is 1. The van der Waals surface area contributed by atoms with Gasteiger partial charge in [0.05, 0.1) is 0 Å². The number of carbonyl (C=O) groups excluding carboxylic acids is 1. The average molecular weight is 376 g/mol. The molecule has 2 aromatic rings. The molecule has 1 heterocycles. The fourth-order valence-corrected chi connectivity index (χ4v) is 4.52. The first-order valence-corrected chi connectivity index (χ1v) is 9.95. The zero-order valence-electron chi connectivity index (χ0n) is 14.6. The van der Waals surface area contributed by atoms with Crippen LogP contribution in [-0.4, -0.2) is 26.9 Å². The third-order valence-electron chi connectivity index (χ3n) is 4.49. The fourth-order valence-electron chi connectivity index (χ4n) is 3.10. The maximum absolute atomic E-state index is 13.9. The third-order valence-corrected chi connectivity index (χ3v) is 5.97. The molecule has 2 aromatic carbocycles. The molecule has 1 N–H and O–H groups in total. The number of nitrogens with zero attached hydrogens (tertiary/aromatic N) is 1. The topological polar surface area (TPSA) is 66.5 Å². The van der Waals surface area contributed by atoms with Crippen molar-refractivity contribution in [3.05, 3.63) is 59.9 Å². The van der Waals surface area contributed by atoms with E-state index in [1.54, 1.807) is 18.7 Å². The summed E-state index contributed by atoms with van der Waals surface area (Å²) in [6, 6.07) is 11.7. The van der Waals surface area contributed by atoms with Crippen molar-refractivity contribution in [1.29, 1.82) is 0 Å². The molecule has 1 amide bonds. The van der Waals surface area contributed by atoms with Crippen LogP contribution in [0.5, 0.6) is 0 Å². The molecule has 3 rings (SSSR count). The van der Waals surface area contributed by atoms with Gasteiger partial charge in [-0.15, -0.1) is 0 Å². The molecule has 0 aromatic heterocycles. The van der Waals surface area contributed by atoms with E-state index in [9.17, 15) is 17.6 Å². The third kappa shape index (κ3) is 3.50. The lowest BCUT2D eigenvalue weighted by molar-refractivity contribution is -0.121. The molecule has 7 heteroatoms. The Morgan fingerprint density at radius 1 is 1.12 bits per heavy atom. The van der Waals surface area contributed by atoms with Crippen molar-refractivity contribution in [1.82, 2.24) is 4.72 Å². The predicted molar refractivity (Wildman–Crippen MR) is 97.8 cm³/mol. The van der Waals surface area contributed by atoms with Gasteiger partial charge in [-0.05, 0) is 36.1 Å². The zero-order valence-corrected chi connectivity index (χ0v) is 15.5. The molecule has 1 aliphatic heterocycles. The Kier molecular flexibility index (Phi) is 5.11. The number of para-hydroxylation sites is 1. The summed E-state index contributed by atoms with van der Waals surface area (Å²) in [5.74, 6) is -1.47. The Morgan fingerprint density at radius 2 is 1.77 bits per heavy atom. The first-order chi connectivity index (χ1) is 12.3. The largest absolute Gasteiger partial charge is 0.310 e. The summed E-state index contributed by atoms with van der Waals surface area (Å²) in [7, 11) is -4.16. The van der Waals surface area contributed by atoms with Gasteiger partial charge in [-0.3, -0.25) is 4.79 Å². The Labute approximate surface area is 152 Å². The summed E-state index contributed by atoms with van der Waals surface area (Å²) in [4.78, 5) is 14.2. The molecule has 0 saturated heterocycles. The van der Waals surface area contributed by atoms with Crippen LogP contribution >= 0.6 is 0 Å². The van der Waals surface area contributed by atoms with E-state index in [4.69, 9.17) is 0 Å². The molecule has 1 atom stereocenters. The molecule has 0 saturated carbocycles. The van der Waals surface area contributed by atoms with Crippen LogP contribution < -0.4 is 9.62 Å². The molecule has 0 spiro atoms. The zero-order chi connectivity index (χ0) is 18.9. The van der Waals surface area contributed by atoms with Crippen molar-refractivity contribution >= 4 is 21.6 Å². The molecule has 0 radical (unpaired) electrons. The van der Waals surface area contributed by atoms with Crippen molar-refractivity contribution in [3.63, 3.8) is 0 Å². The minimum Gasteiger partial charge on any atom is -0.310 e. The van der Waals surface area contributed by atoms with E-state index in [2.05, 4.69) is 4.72 Å². The van der Waals surface area contributed by atoms with Crippen LogP contribution in [0.15, 0.2) is 53.4 Å². The second kappa shape index (κ2) is 7.17. The number of benzene rings is 2. The van der Waals surface area contributed by atoms with E-state index < -0.39 is 26.8 Å². The number of amides is 1.